The molecule has 0 aromatic carbocycles. The normalized spacial score (nSPS) is 31.5. The summed E-state index contributed by atoms with van der Waals surface area (Å²) in [5, 5.41) is 0. The maximum atomic E-state index is 5.45. The number of aliphatic imine (C=N–C) groups is 1. The third kappa shape index (κ3) is 1.73. The molecule has 0 amide bonds. The minimum atomic E-state index is 0.219. The number of ether oxygens (including phenoxy) is 1. The van der Waals surface area contributed by atoms with Crippen LogP contribution in [0.5, 0.6) is 0 Å². The van der Waals surface area contributed by atoms with Crippen LogP contribution in [-0.4, -0.2) is 18.0 Å². The zero-order valence-electron chi connectivity index (χ0n) is 8.01. The SMILES string of the molecule is CC1=N[C@H](C(C)(C)C)[C@H](C)O1. The Labute approximate surface area is 68.7 Å². The van der Waals surface area contributed by atoms with E-state index in [2.05, 4.69) is 32.7 Å². The zero-order chi connectivity index (χ0) is 8.65. The molecule has 1 heterocycles. The molecule has 0 fully saturated rings. The number of hydrogen-bond donors (Lipinski definition) is 0. The Morgan fingerprint density at radius 1 is 1.36 bits per heavy atom. The van der Waals surface area contributed by atoms with Gasteiger partial charge in [0.2, 0.25) is 0 Å². The number of nitrogens with zero attached hydrogens (tertiary/aromatic N) is 1. The lowest BCUT2D eigenvalue weighted by atomic mass is 9.84. The highest BCUT2D eigenvalue weighted by atomic mass is 16.5. The third-order valence-electron chi connectivity index (χ3n) is 2.01. The first kappa shape index (κ1) is 8.57. The molecule has 0 saturated heterocycles. The van der Waals surface area contributed by atoms with Gasteiger partial charge in [0.15, 0.2) is 5.90 Å². The third-order valence-corrected chi connectivity index (χ3v) is 2.01. The zero-order valence-corrected chi connectivity index (χ0v) is 8.01. The average Bonchev–Trinajstić information content (AvgIpc) is 2.08. The van der Waals surface area contributed by atoms with Crippen LogP contribution in [0.1, 0.15) is 34.6 Å². The van der Waals surface area contributed by atoms with E-state index in [0.29, 0.717) is 6.04 Å². The molecule has 11 heavy (non-hydrogen) atoms. The molecule has 1 rings (SSSR count). The van der Waals surface area contributed by atoms with Crippen LogP contribution in [0.3, 0.4) is 0 Å². The fourth-order valence-corrected chi connectivity index (χ4v) is 1.56. The summed E-state index contributed by atoms with van der Waals surface area (Å²) >= 11 is 0. The molecule has 0 aromatic rings. The van der Waals surface area contributed by atoms with Gasteiger partial charge in [-0.05, 0) is 12.3 Å². The second-order valence-electron chi connectivity index (χ2n) is 4.28. The van der Waals surface area contributed by atoms with E-state index in [0.717, 1.165) is 5.90 Å². The molecule has 0 unspecified atom stereocenters. The molecule has 0 aliphatic carbocycles. The first-order valence-corrected chi connectivity index (χ1v) is 4.12. The van der Waals surface area contributed by atoms with Crippen LogP contribution in [0.4, 0.5) is 0 Å². The molecule has 2 heteroatoms. The Morgan fingerprint density at radius 3 is 2.09 bits per heavy atom. The highest BCUT2D eigenvalue weighted by Crippen LogP contribution is 2.29. The van der Waals surface area contributed by atoms with Crippen molar-refractivity contribution < 1.29 is 4.74 Å². The molecule has 0 N–H and O–H groups in total. The summed E-state index contributed by atoms with van der Waals surface area (Å²) in [5.41, 5.74) is 0.219. The van der Waals surface area contributed by atoms with E-state index in [1.165, 1.54) is 0 Å². The maximum absolute atomic E-state index is 5.45. The van der Waals surface area contributed by atoms with E-state index in [9.17, 15) is 0 Å². The van der Waals surface area contributed by atoms with Crippen LogP contribution in [0.2, 0.25) is 0 Å². The van der Waals surface area contributed by atoms with Gasteiger partial charge in [0.25, 0.3) is 0 Å². The summed E-state index contributed by atoms with van der Waals surface area (Å²) in [4.78, 5) is 4.44. The Morgan fingerprint density at radius 2 is 1.91 bits per heavy atom. The molecule has 1 aliphatic rings. The summed E-state index contributed by atoms with van der Waals surface area (Å²) < 4.78 is 5.45. The monoisotopic (exact) mass is 155 g/mol. The van der Waals surface area contributed by atoms with Crippen molar-refractivity contribution in [3.8, 4) is 0 Å². The summed E-state index contributed by atoms with van der Waals surface area (Å²) in [6.07, 6.45) is 0.245. The van der Waals surface area contributed by atoms with Gasteiger partial charge in [-0.3, -0.25) is 0 Å². The fraction of sp³-hybridized carbons (Fsp3) is 0.889. The van der Waals surface area contributed by atoms with E-state index in [1.54, 1.807) is 0 Å². The van der Waals surface area contributed by atoms with Crippen molar-refractivity contribution in [3.05, 3.63) is 0 Å². The van der Waals surface area contributed by atoms with Gasteiger partial charge in [-0.25, -0.2) is 4.99 Å². The number of hydrogen-bond acceptors (Lipinski definition) is 2. The van der Waals surface area contributed by atoms with Gasteiger partial charge in [0.1, 0.15) is 6.10 Å². The molecule has 2 nitrogen and oxygen atoms in total. The van der Waals surface area contributed by atoms with Crippen LogP contribution >= 0.6 is 0 Å². The van der Waals surface area contributed by atoms with Gasteiger partial charge < -0.3 is 4.74 Å². The van der Waals surface area contributed by atoms with Gasteiger partial charge in [0.05, 0.1) is 6.04 Å². The van der Waals surface area contributed by atoms with Crippen LogP contribution in [0, 0.1) is 5.41 Å². The van der Waals surface area contributed by atoms with Crippen LogP contribution in [0.15, 0.2) is 4.99 Å². The van der Waals surface area contributed by atoms with Crippen molar-refractivity contribution in [1.29, 1.82) is 0 Å². The van der Waals surface area contributed by atoms with Crippen LogP contribution in [0.25, 0.3) is 0 Å². The molecule has 0 bridgehead atoms. The molecule has 0 saturated carbocycles. The molecular formula is C9H17NO. The van der Waals surface area contributed by atoms with Gasteiger partial charge in [0, 0.05) is 6.92 Å². The highest BCUT2D eigenvalue weighted by molar-refractivity contribution is 5.75. The largest absolute Gasteiger partial charge is 0.476 e. The summed E-state index contributed by atoms with van der Waals surface area (Å²) in [5.74, 6) is 0.831. The van der Waals surface area contributed by atoms with Crippen molar-refractivity contribution >= 4 is 5.90 Å². The first-order chi connectivity index (χ1) is 4.91. The molecule has 1 aliphatic heterocycles. The summed E-state index contributed by atoms with van der Waals surface area (Å²) in [6.45, 7) is 10.6. The van der Waals surface area contributed by atoms with E-state index >= 15 is 0 Å². The lowest BCUT2D eigenvalue weighted by molar-refractivity contribution is 0.153. The Bertz CT molecular complexity index is 178. The second kappa shape index (κ2) is 2.50. The minimum Gasteiger partial charge on any atom is -0.476 e. The van der Waals surface area contributed by atoms with E-state index in [1.807, 2.05) is 6.92 Å². The topological polar surface area (TPSA) is 21.6 Å². The van der Waals surface area contributed by atoms with E-state index in [4.69, 9.17) is 4.74 Å². The Hall–Kier alpha value is -0.530. The average molecular weight is 155 g/mol. The highest BCUT2D eigenvalue weighted by Gasteiger charge is 2.34. The summed E-state index contributed by atoms with van der Waals surface area (Å²) in [7, 11) is 0. The van der Waals surface area contributed by atoms with Gasteiger partial charge in [-0.2, -0.15) is 0 Å². The van der Waals surface area contributed by atoms with Gasteiger partial charge >= 0.3 is 0 Å². The second-order valence-corrected chi connectivity index (χ2v) is 4.28. The molecule has 2 atom stereocenters. The molecule has 0 aromatic heterocycles. The molecule has 64 valence electrons. The van der Waals surface area contributed by atoms with Crippen molar-refractivity contribution in [1.82, 2.24) is 0 Å². The smallest absolute Gasteiger partial charge is 0.180 e. The van der Waals surface area contributed by atoms with E-state index in [-0.39, 0.29) is 11.5 Å². The van der Waals surface area contributed by atoms with Crippen LogP contribution < -0.4 is 0 Å². The fourth-order valence-electron chi connectivity index (χ4n) is 1.56. The lowest BCUT2D eigenvalue weighted by Gasteiger charge is -2.26. The Kier molecular flexibility index (Phi) is 1.95. The molecule has 0 radical (unpaired) electrons. The predicted octanol–water partition coefficient (Wildman–Crippen LogP) is 2.24. The lowest BCUT2D eigenvalue weighted by Crippen LogP contribution is -2.31. The molecule has 0 spiro atoms. The van der Waals surface area contributed by atoms with Gasteiger partial charge in [-0.1, -0.05) is 20.8 Å². The minimum absolute atomic E-state index is 0.219. The Balaban J connectivity index is 2.74. The van der Waals surface area contributed by atoms with Crippen molar-refractivity contribution in [3.63, 3.8) is 0 Å². The van der Waals surface area contributed by atoms with Crippen molar-refractivity contribution in [2.24, 2.45) is 10.4 Å². The molecular weight excluding hydrogens is 138 g/mol. The predicted molar refractivity (Wildman–Crippen MR) is 46.9 cm³/mol. The standard InChI is InChI=1S/C9H17NO/c1-6-8(9(3,4)5)10-7(2)11-6/h6,8H,1-5H3/t6-,8-/m0/s1. The van der Waals surface area contributed by atoms with Crippen molar-refractivity contribution in [2.45, 2.75) is 46.8 Å². The van der Waals surface area contributed by atoms with Crippen molar-refractivity contribution in [2.75, 3.05) is 0 Å². The maximum Gasteiger partial charge on any atom is 0.180 e. The number of rotatable bonds is 0. The van der Waals surface area contributed by atoms with E-state index < -0.39 is 0 Å². The summed E-state index contributed by atoms with van der Waals surface area (Å²) in [6, 6.07) is 0.322. The first-order valence-electron chi connectivity index (χ1n) is 4.12. The van der Waals surface area contributed by atoms with Crippen LogP contribution in [-0.2, 0) is 4.74 Å². The quantitative estimate of drug-likeness (QED) is 0.525. The van der Waals surface area contributed by atoms with Gasteiger partial charge in [-0.15, -0.1) is 0 Å².